The third-order valence-corrected chi connectivity index (χ3v) is 4.28. The lowest BCUT2D eigenvalue weighted by atomic mass is 10.1. The number of rotatable bonds is 5. The summed E-state index contributed by atoms with van der Waals surface area (Å²) in [6, 6.07) is 7.55. The molecule has 0 bridgehead atoms. The molecule has 2 nitrogen and oxygen atoms in total. The first-order valence-electron chi connectivity index (χ1n) is 7.28. The van der Waals surface area contributed by atoms with Gasteiger partial charge in [0.25, 0.3) is 0 Å². The molecule has 1 saturated heterocycles. The summed E-state index contributed by atoms with van der Waals surface area (Å²) in [6.07, 6.45) is 2.60. The lowest BCUT2D eigenvalue weighted by molar-refractivity contribution is 0.194. The zero-order valence-corrected chi connectivity index (χ0v) is 13.0. The highest BCUT2D eigenvalue weighted by atomic mass is 35.5. The molecule has 0 amide bonds. The molecule has 1 aromatic rings. The third kappa shape index (κ3) is 4.20. The summed E-state index contributed by atoms with van der Waals surface area (Å²) in [4.78, 5) is 2.51. The Morgan fingerprint density at radius 2 is 2.21 bits per heavy atom. The molecule has 1 heterocycles. The van der Waals surface area contributed by atoms with Crippen LogP contribution in [0.15, 0.2) is 18.2 Å². The average molecular weight is 281 g/mol. The summed E-state index contributed by atoms with van der Waals surface area (Å²) in [5.74, 6) is 0. The number of nitrogens with zero attached hydrogens (tertiary/aromatic N) is 1. The number of hydrogen-bond acceptors (Lipinski definition) is 2. The van der Waals surface area contributed by atoms with Crippen LogP contribution < -0.4 is 5.32 Å². The van der Waals surface area contributed by atoms with Crippen molar-refractivity contribution in [3.05, 3.63) is 34.3 Å². The average Bonchev–Trinajstić information content (AvgIpc) is 2.84. The molecule has 106 valence electrons. The van der Waals surface area contributed by atoms with Crippen molar-refractivity contribution in [3.8, 4) is 0 Å². The predicted molar refractivity (Wildman–Crippen MR) is 82.8 cm³/mol. The molecular weight excluding hydrogens is 256 g/mol. The molecule has 2 rings (SSSR count). The van der Waals surface area contributed by atoms with Crippen molar-refractivity contribution in [1.82, 2.24) is 10.2 Å². The fourth-order valence-corrected chi connectivity index (χ4v) is 2.95. The Kier molecular flexibility index (Phi) is 5.26. The van der Waals surface area contributed by atoms with Crippen LogP contribution in [0.4, 0.5) is 0 Å². The van der Waals surface area contributed by atoms with Gasteiger partial charge >= 0.3 is 0 Å². The Morgan fingerprint density at radius 3 is 2.79 bits per heavy atom. The van der Waals surface area contributed by atoms with Crippen LogP contribution in [0.25, 0.3) is 0 Å². The summed E-state index contributed by atoms with van der Waals surface area (Å²) in [6.45, 7) is 9.82. The minimum Gasteiger partial charge on any atom is -0.313 e. The van der Waals surface area contributed by atoms with Gasteiger partial charge in [-0.2, -0.15) is 0 Å². The number of aryl methyl sites for hydroxylation is 1. The van der Waals surface area contributed by atoms with Gasteiger partial charge in [0.1, 0.15) is 0 Å². The fraction of sp³-hybridized carbons (Fsp3) is 0.625. The molecule has 1 fully saturated rings. The van der Waals surface area contributed by atoms with Crippen LogP contribution in [-0.4, -0.2) is 30.1 Å². The van der Waals surface area contributed by atoms with E-state index in [4.69, 9.17) is 11.6 Å². The maximum atomic E-state index is 6.35. The van der Waals surface area contributed by atoms with E-state index < -0.39 is 0 Å². The van der Waals surface area contributed by atoms with Gasteiger partial charge in [0.15, 0.2) is 0 Å². The molecule has 0 aromatic heterocycles. The van der Waals surface area contributed by atoms with Gasteiger partial charge in [0.2, 0.25) is 0 Å². The zero-order valence-electron chi connectivity index (χ0n) is 12.2. The monoisotopic (exact) mass is 280 g/mol. The Labute approximate surface area is 122 Å². The quantitative estimate of drug-likeness (QED) is 0.886. The van der Waals surface area contributed by atoms with Gasteiger partial charge in [-0.15, -0.1) is 0 Å². The summed E-state index contributed by atoms with van der Waals surface area (Å²) in [7, 11) is 0. The topological polar surface area (TPSA) is 15.3 Å². The molecule has 0 spiro atoms. The van der Waals surface area contributed by atoms with E-state index in [9.17, 15) is 0 Å². The molecule has 0 aliphatic carbocycles. The number of nitrogens with one attached hydrogen (secondary N) is 1. The highest BCUT2D eigenvalue weighted by molar-refractivity contribution is 6.31. The lowest BCUT2D eigenvalue weighted by Gasteiger charge is -2.29. The van der Waals surface area contributed by atoms with Gasteiger partial charge in [-0.1, -0.05) is 23.7 Å². The number of halogens is 1. The Bertz CT molecular complexity index is 411. The first-order valence-corrected chi connectivity index (χ1v) is 7.66. The van der Waals surface area contributed by atoms with Gasteiger partial charge in [-0.3, -0.25) is 4.90 Å². The normalized spacial score (nSPS) is 19.6. The molecule has 3 heteroatoms. The third-order valence-electron chi connectivity index (χ3n) is 3.93. The Morgan fingerprint density at radius 1 is 1.42 bits per heavy atom. The predicted octanol–water partition coefficient (Wildman–Crippen LogP) is 3.61. The van der Waals surface area contributed by atoms with Crippen molar-refractivity contribution in [3.63, 3.8) is 0 Å². The lowest BCUT2D eigenvalue weighted by Crippen LogP contribution is -2.40. The maximum absolute atomic E-state index is 6.35. The molecule has 0 radical (unpaired) electrons. The minimum atomic E-state index is 0.541. The van der Waals surface area contributed by atoms with Crippen LogP contribution in [0, 0.1) is 6.92 Å². The van der Waals surface area contributed by atoms with Crippen LogP contribution in [0.1, 0.15) is 37.8 Å². The number of hydrogen-bond donors (Lipinski definition) is 1. The molecule has 1 atom stereocenters. The summed E-state index contributed by atoms with van der Waals surface area (Å²) in [5, 5.41) is 4.47. The van der Waals surface area contributed by atoms with Crippen LogP contribution in [0.5, 0.6) is 0 Å². The molecule has 1 unspecified atom stereocenters. The van der Waals surface area contributed by atoms with E-state index in [-0.39, 0.29) is 0 Å². The van der Waals surface area contributed by atoms with Crippen LogP contribution in [0.3, 0.4) is 0 Å². The second kappa shape index (κ2) is 6.74. The van der Waals surface area contributed by atoms with E-state index in [0.29, 0.717) is 12.1 Å². The van der Waals surface area contributed by atoms with E-state index in [2.05, 4.69) is 49.2 Å². The van der Waals surface area contributed by atoms with Gasteiger partial charge < -0.3 is 5.32 Å². The highest BCUT2D eigenvalue weighted by Gasteiger charge is 2.20. The minimum absolute atomic E-state index is 0.541. The van der Waals surface area contributed by atoms with Gasteiger partial charge in [-0.25, -0.2) is 0 Å². The van der Waals surface area contributed by atoms with Crippen LogP contribution in [-0.2, 0) is 6.54 Å². The summed E-state index contributed by atoms with van der Waals surface area (Å²) >= 11 is 6.35. The molecular formula is C16H25ClN2. The van der Waals surface area contributed by atoms with Crippen LogP contribution >= 0.6 is 11.6 Å². The first-order chi connectivity index (χ1) is 9.06. The second-order valence-corrected chi connectivity index (χ2v) is 6.32. The van der Waals surface area contributed by atoms with Crippen molar-refractivity contribution in [2.75, 3.05) is 13.1 Å². The highest BCUT2D eigenvalue weighted by Crippen LogP contribution is 2.21. The van der Waals surface area contributed by atoms with E-state index >= 15 is 0 Å². The van der Waals surface area contributed by atoms with Gasteiger partial charge in [0, 0.05) is 30.2 Å². The van der Waals surface area contributed by atoms with Gasteiger partial charge in [-0.05, 0) is 57.4 Å². The zero-order chi connectivity index (χ0) is 13.8. The smallest absolute Gasteiger partial charge is 0.0453 e. The van der Waals surface area contributed by atoms with E-state index in [1.807, 2.05) is 0 Å². The molecule has 1 aliphatic rings. The van der Waals surface area contributed by atoms with Crippen molar-refractivity contribution in [1.29, 1.82) is 0 Å². The van der Waals surface area contributed by atoms with Crippen molar-refractivity contribution in [2.45, 2.75) is 52.2 Å². The standard InChI is InChI=1S/C16H25ClN2/c1-12(2)19(11-15-5-4-8-18-15)10-14-7-6-13(3)9-16(14)17/h6-7,9,12,15,18H,4-5,8,10-11H2,1-3H3. The Balaban J connectivity index is 2.02. The van der Waals surface area contributed by atoms with Crippen molar-refractivity contribution < 1.29 is 0 Å². The Hall–Kier alpha value is -0.570. The van der Waals surface area contributed by atoms with Crippen molar-refractivity contribution >= 4 is 11.6 Å². The molecule has 1 aliphatic heterocycles. The maximum Gasteiger partial charge on any atom is 0.0453 e. The molecule has 1 N–H and O–H groups in total. The second-order valence-electron chi connectivity index (χ2n) is 5.91. The summed E-state index contributed by atoms with van der Waals surface area (Å²) < 4.78 is 0. The van der Waals surface area contributed by atoms with Gasteiger partial charge in [0.05, 0.1) is 0 Å². The van der Waals surface area contributed by atoms with E-state index in [0.717, 1.165) is 18.1 Å². The number of benzene rings is 1. The SMILES string of the molecule is Cc1ccc(CN(CC2CCCN2)C(C)C)c(Cl)c1. The molecule has 1 aromatic carbocycles. The van der Waals surface area contributed by atoms with E-state index in [1.54, 1.807) is 0 Å². The first kappa shape index (κ1) is 14.8. The fourth-order valence-electron chi connectivity index (χ4n) is 2.65. The molecule has 0 saturated carbocycles. The molecule has 19 heavy (non-hydrogen) atoms. The summed E-state index contributed by atoms with van der Waals surface area (Å²) in [5.41, 5.74) is 2.46. The van der Waals surface area contributed by atoms with Crippen LogP contribution in [0.2, 0.25) is 5.02 Å². The van der Waals surface area contributed by atoms with E-state index in [1.165, 1.54) is 30.5 Å². The van der Waals surface area contributed by atoms with Crippen molar-refractivity contribution in [2.24, 2.45) is 0 Å². The largest absolute Gasteiger partial charge is 0.313 e.